The summed E-state index contributed by atoms with van der Waals surface area (Å²) in [4.78, 5) is 2.76. The highest BCUT2D eigenvalue weighted by atomic mass is 32.1. The van der Waals surface area contributed by atoms with Gasteiger partial charge in [-0.05, 0) is 42.8 Å². The molecule has 2 rings (SSSR count). The van der Waals surface area contributed by atoms with Gasteiger partial charge in [0, 0.05) is 22.0 Å². The number of benzene rings is 1. The molecule has 16 heavy (non-hydrogen) atoms. The zero-order chi connectivity index (χ0) is 11.4. The second-order valence-electron chi connectivity index (χ2n) is 3.62. The highest BCUT2D eigenvalue weighted by molar-refractivity contribution is 7.12. The average Bonchev–Trinajstić information content (AvgIpc) is 2.76. The highest BCUT2D eigenvalue weighted by Gasteiger charge is 1.98. The fraction of sp³-hybridized carbons (Fsp3) is 0.231. The van der Waals surface area contributed by atoms with Crippen LogP contribution in [0, 0.1) is 0 Å². The van der Waals surface area contributed by atoms with E-state index < -0.39 is 0 Å². The van der Waals surface area contributed by atoms with E-state index in [9.17, 15) is 0 Å². The topological polar surface area (TPSA) is 32.3 Å². The van der Waals surface area contributed by atoms with Crippen molar-refractivity contribution in [1.82, 2.24) is 0 Å². The van der Waals surface area contributed by atoms with E-state index in [-0.39, 0.29) is 0 Å². The minimum Gasteiger partial charge on any atom is -0.508 e. The summed E-state index contributed by atoms with van der Waals surface area (Å²) in [6.07, 6.45) is 1.10. The first-order chi connectivity index (χ1) is 7.78. The normalized spacial score (nSPS) is 10.3. The van der Waals surface area contributed by atoms with Gasteiger partial charge in [-0.1, -0.05) is 6.92 Å². The molecule has 2 N–H and O–H groups in total. The Morgan fingerprint density at radius 2 is 1.75 bits per heavy atom. The molecule has 0 aliphatic carbocycles. The highest BCUT2D eigenvalue weighted by Crippen LogP contribution is 2.19. The van der Waals surface area contributed by atoms with Crippen molar-refractivity contribution in [2.75, 3.05) is 5.32 Å². The maximum Gasteiger partial charge on any atom is 0.115 e. The Hall–Kier alpha value is -1.48. The van der Waals surface area contributed by atoms with E-state index in [1.54, 1.807) is 12.1 Å². The first kappa shape index (κ1) is 11.0. The molecule has 0 aliphatic heterocycles. The van der Waals surface area contributed by atoms with E-state index in [4.69, 9.17) is 5.11 Å². The number of hydrogen-bond donors (Lipinski definition) is 2. The lowest BCUT2D eigenvalue weighted by Gasteiger charge is -2.04. The van der Waals surface area contributed by atoms with E-state index in [1.807, 2.05) is 23.5 Å². The molecule has 2 aromatic rings. The minimum atomic E-state index is 0.301. The van der Waals surface area contributed by atoms with Gasteiger partial charge < -0.3 is 10.4 Å². The van der Waals surface area contributed by atoms with Crippen LogP contribution in [0.5, 0.6) is 5.75 Å². The van der Waals surface area contributed by atoms with E-state index in [0.29, 0.717) is 5.75 Å². The van der Waals surface area contributed by atoms with Crippen molar-refractivity contribution < 1.29 is 5.11 Å². The zero-order valence-corrected chi connectivity index (χ0v) is 10.1. The summed E-state index contributed by atoms with van der Waals surface area (Å²) >= 11 is 1.84. The van der Waals surface area contributed by atoms with Crippen LogP contribution in [0.3, 0.4) is 0 Å². The third kappa shape index (κ3) is 2.76. The molecule has 0 aliphatic rings. The smallest absolute Gasteiger partial charge is 0.115 e. The predicted octanol–water partition coefficient (Wildman–Crippen LogP) is 3.63. The number of phenolic OH excluding ortho intramolecular Hbond substituents is 1. The Bertz CT molecular complexity index is 447. The molecule has 0 fully saturated rings. The van der Waals surface area contributed by atoms with Gasteiger partial charge in [-0.2, -0.15) is 0 Å². The second kappa shape index (κ2) is 5.03. The standard InChI is InChI=1S/C13H15NOS/c1-2-12-7-8-13(16-12)9-14-10-3-5-11(15)6-4-10/h3-8,14-15H,2,9H2,1H3. The number of hydrogen-bond acceptors (Lipinski definition) is 3. The van der Waals surface area contributed by atoms with Crippen molar-refractivity contribution in [3.63, 3.8) is 0 Å². The van der Waals surface area contributed by atoms with Crippen molar-refractivity contribution in [2.45, 2.75) is 19.9 Å². The number of aryl methyl sites for hydroxylation is 1. The van der Waals surface area contributed by atoms with Gasteiger partial charge in [0.05, 0.1) is 0 Å². The van der Waals surface area contributed by atoms with E-state index in [2.05, 4.69) is 24.4 Å². The lowest BCUT2D eigenvalue weighted by atomic mass is 10.3. The Morgan fingerprint density at radius 3 is 2.38 bits per heavy atom. The van der Waals surface area contributed by atoms with Gasteiger partial charge in [-0.15, -0.1) is 11.3 Å². The lowest BCUT2D eigenvalue weighted by Crippen LogP contribution is -1.96. The molecule has 0 saturated carbocycles. The van der Waals surface area contributed by atoms with Crippen LogP contribution in [0.4, 0.5) is 5.69 Å². The van der Waals surface area contributed by atoms with Crippen molar-refractivity contribution in [2.24, 2.45) is 0 Å². The third-order valence-corrected chi connectivity index (χ3v) is 3.63. The largest absolute Gasteiger partial charge is 0.508 e. The van der Waals surface area contributed by atoms with E-state index >= 15 is 0 Å². The van der Waals surface area contributed by atoms with Crippen LogP contribution in [-0.2, 0) is 13.0 Å². The van der Waals surface area contributed by atoms with Gasteiger partial charge in [-0.25, -0.2) is 0 Å². The van der Waals surface area contributed by atoms with Crippen LogP contribution >= 0.6 is 11.3 Å². The van der Waals surface area contributed by atoms with Crippen LogP contribution in [0.15, 0.2) is 36.4 Å². The van der Waals surface area contributed by atoms with Gasteiger partial charge in [0.25, 0.3) is 0 Å². The van der Waals surface area contributed by atoms with Crippen LogP contribution in [0.2, 0.25) is 0 Å². The first-order valence-corrected chi connectivity index (χ1v) is 6.20. The average molecular weight is 233 g/mol. The van der Waals surface area contributed by atoms with Crippen molar-refractivity contribution in [1.29, 1.82) is 0 Å². The number of aromatic hydroxyl groups is 1. The van der Waals surface area contributed by atoms with Crippen LogP contribution in [0.25, 0.3) is 0 Å². The van der Waals surface area contributed by atoms with Gasteiger partial charge >= 0.3 is 0 Å². The van der Waals surface area contributed by atoms with E-state index in [0.717, 1.165) is 18.7 Å². The Labute approximate surface area is 99.6 Å². The summed E-state index contributed by atoms with van der Waals surface area (Å²) in [6, 6.07) is 11.5. The van der Waals surface area contributed by atoms with Crippen LogP contribution < -0.4 is 5.32 Å². The third-order valence-electron chi connectivity index (χ3n) is 2.40. The maximum absolute atomic E-state index is 9.15. The fourth-order valence-electron chi connectivity index (χ4n) is 1.48. The lowest BCUT2D eigenvalue weighted by molar-refractivity contribution is 0.475. The molecule has 0 unspecified atom stereocenters. The molecule has 84 valence electrons. The summed E-state index contributed by atoms with van der Waals surface area (Å²) in [5.41, 5.74) is 1.03. The van der Waals surface area contributed by atoms with Gasteiger partial charge in [0.2, 0.25) is 0 Å². The minimum absolute atomic E-state index is 0.301. The molecule has 0 bridgehead atoms. The summed E-state index contributed by atoms with van der Waals surface area (Å²) in [5.74, 6) is 0.301. The van der Waals surface area contributed by atoms with Gasteiger partial charge in [0.1, 0.15) is 5.75 Å². The molecule has 0 radical (unpaired) electrons. The number of rotatable bonds is 4. The molecule has 1 heterocycles. The molecule has 2 nitrogen and oxygen atoms in total. The number of thiophene rings is 1. The summed E-state index contributed by atoms with van der Waals surface area (Å²) < 4.78 is 0. The molecule has 1 aromatic carbocycles. The number of anilines is 1. The van der Waals surface area contributed by atoms with Crippen molar-refractivity contribution in [3.8, 4) is 5.75 Å². The summed E-state index contributed by atoms with van der Waals surface area (Å²) in [6.45, 7) is 3.01. The van der Waals surface area contributed by atoms with Crippen LogP contribution in [-0.4, -0.2) is 5.11 Å². The molecular weight excluding hydrogens is 218 g/mol. The predicted molar refractivity (Wildman–Crippen MR) is 69.1 cm³/mol. The van der Waals surface area contributed by atoms with Crippen molar-refractivity contribution in [3.05, 3.63) is 46.2 Å². The Kier molecular flexibility index (Phi) is 3.47. The zero-order valence-electron chi connectivity index (χ0n) is 9.23. The van der Waals surface area contributed by atoms with Crippen molar-refractivity contribution >= 4 is 17.0 Å². The maximum atomic E-state index is 9.15. The van der Waals surface area contributed by atoms with Crippen LogP contribution in [0.1, 0.15) is 16.7 Å². The molecule has 1 aromatic heterocycles. The van der Waals surface area contributed by atoms with E-state index in [1.165, 1.54) is 9.75 Å². The Balaban J connectivity index is 1.94. The van der Waals surface area contributed by atoms with Gasteiger partial charge in [-0.3, -0.25) is 0 Å². The number of nitrogens with one attached hydrogen (secondary N) is 1. The molecule has 0 atom stereocenters. The molecule has 0 saturated heterocycles. The summed E-state index contributed by atoms with van der Waals surface area (Å²) in [5, 5.41) is 12.5. The summed E-state index contributed by atoms with van der Waals surface area (Å²) in [7, 11) is 0. The SMILES string of the molecule is CCc1ccc(CNc2ccc(O)cc2)s1. The first-order valence-electron chi connectivity index (χ1n) is 5.38. The Morgan fingerprint density at radius 1 is 1.06 bits per heavy atom. The molecular formula is C13H15NOS. The quantitative estimate of drug-likeness (QED) is 0.790. The number of phenols is 1. The monoisotopic (exact) mass is 233 g/mol. The molecule has 0 amide bonds. The van der Waals surface area contributed by atoms with Gasteiger partial charge in [0.15, 0.2) is 0 Å². The second-order valence-corrected chi connectivity index (χ2v) is 4.87. The molecule has 0 spiro atoms. The fourth-order valence-corrected chi connectivity index (χ4v) is 2.37. The molecule has 3 heteroatoms.